The maximum Gasteiger partial charge on any atom is 0.319 e. The normalized spacial score (nSPS) is 15.9. The number of nitrogens with one attached hydrogen (secondary N) is 2. The number of benzene rings is 1. The van der Waals surface area contributed by atoms with Crippen molar-refractivity contribution in [2.75, 3.05) is 45.3 Å². The average Bonchev–Trinajstić information content (AvgIpc) is 2.70. The number of nitrogens with zero attached hydrogens (tertiary/aromatic N) is 2. The fourth-order valence-corrected chi connectivity index (χ4v) is 2.97. The van der Waals surface area contributed by atoms with Gasteiger partial charge in [-0.25, -0.2) is 4.79 Å². The van der Waals surface area contributed by atoms with Gasteiger partial charge in [-0.2, -0.15) is 0 Å². The predicted molar refractivity (Wildman–Crippen MR) is 99.4 cm³/mol. The van der Waals surface area contributed by atoms with Crippen molar-refractivity contribution in [2.24, 2.45) is 0 Å². The van der Waals surface area contributed by atoms with Gasteiger partial charge in [-0.15, -0.1) is 0 Å². The Bertz CT molecular complexity index is 688. The third-order valence-corrected chi connectivity index (χ3v) is 4.36. The molecule has 7 heteroatoms. The van der Waals surface area contributed by atoms with Crippen LogP contribution < -0.4 is 15.4 Å². The van der Waals surface area contributed by atoms with Crippen molar-refractivity contribution in [1.82, 2.24) is 15.2 Å². The number of morpholine rings is 1. The van der Waals surface area contributed by atoms with E-state index in [9.17, 15) is 4.79 Å². The summed E-state index contributed by atoms with van der Waals surface area (Å²) in [5.74, 6) is 0.816. The van der Waals surface area contributed by atoms with E-state index in [2.05, 4.69) is 20.5 Å². The van der Waals surface area contributed by atoms with E-state index in [0.29, 0.717) is 25.4 Å². The van der Waals surface area contributed by atoms with Gasteiger partial charge in [0.2, 0.25) is 0 Å². The van der Waals surface area contributed by atoms with Crippen molar-refractivity contribution in [1.29, 1.82) is 0 Å². The van der Waals surface area contributed by atoms with Gasteiger partial charge in [-0.3, -0.25) is 9.88 Å². The number of amides is 2. The Balaban J connectivity index is 1.65. The van der Waals surface area contributed by atoms with E-state index in [0.717, 1.165) is 24.4 Å². The molecule has 3 rings (SSSR count). The van der Waals surface area contributed by atoms with Gasteiger partial charge < -0.3 is 20.1 Å². The lowest BCUT2D eigenvalue weighted by molar-refractivity contribution is 0.0167. The number of urea groups is 1. The first-order chi connectivity index (χ1) is 12.8. The summed E-state index contributed by atoms with van der Waals surface area (Å²) in [5, 5.41) is 5.76. The van der Waals surface area contributed by atoms with E-state index in [1.165, 1.54) is 0 Å². The summed E-state index contributed by atoms with van der Waals surface area (Å²) in [6, 6.07) is 11.4. The molecule has 2 N–H and O–H groups in total. The molecule has 1 aromatic carbocycles. The molecule has 138 valence electrons. The van der Waals surface area contributed by atoms with Crippen LogP contribution in [0, 0.1) is 0 Å². The van der Waals surface area contributed by atoms with Crippen LogP contribution in [0.15, 0.2) is 48.8 Å². The minimum absolute atomic E-state index is 0.0736. The zero-order valence-corrected chi connectivity index (χ0v) is 14.9. The molecule has 1 atom stereocenters. The Morgan fingerprint density at radius 1 is 1.27 bits per heavy atom. The Kier molecular flexibility index (Phi) is 6.40. The molecule has 0 saturated carbocycles. The number of anilines is 1. The molecule has 7 nitrogen and oxygen atoms in total. The second-order valence-corrected chi connectivity index (χ2v) is 6.01. The van der Waals surface area contributed by atoms with Crippen LogP contribution in [0.2, 0.25) is 0 Å². The van der Waals surface area contributed by atoms with E-state index in [1.807, 2.05) is 24.3 Å². The van der Waals surface area contributed by atoms with E-state index in [-0.39, 0.29) is 12.1 Å². The van der Waals surface area contributed by atoms with Gasteiger partial charge in [0.15, 0.2) is 0 Å². The first kappa shape index (κ1) is 18.2. The van der Waals surface area contributed by atoms with Gasteiger partial charge >= 0.3 is 6.03 Å². The van der Waals surface area contributed by atoms with Gasteiger partial charge in [0, 0.05) is 25.8 Å². The molecule has 1 aromatic heterocycles. The van der Waals surface area contributed by atoms with Gasteiger partial charge in [-0.05, 0) is 29.8 Å². The van der Waals surface area contributed by atoms with Gasteiger partial charge in [-0.1, -0.05) is 12.1 Å². The predicted octanol–water partition coefficient (Wildman–Crippen LogP) is 2.29. The summed E-state index contributed by atoms with van der Waals surface area (Å²) in [6.07, 6.45) is 3.28. The number of aromatic nitrogens is 1. The highest BCUT2D eigenvalue weighted by Crippen LogP contribution is 2.23. The Morgan fingerprint density at radius 2 is 2.04 bits per heavy atom. The summed E-state index contributed by atoms with van der Waals surface area (Å²) in [7, 11) is 1.65. The van der Waals surface area contributed by atoms with E-state index in [1.54, 1.807) is 31.6 Å². The molecule has 26 heavy (non-hydrogen) atoms. The Hall–Kier alpha value is -2.64. The molecule has 0 aliphatic carbocycles. The quantitative estimate of drug-likeness (QED) is 0.831. The lowest BCUT2D eigenvalue weighted by atomic mass is 10.0. The minimum atomic E-state index is -0.246. The molecular formula is C19H24N4O3. The van der Waals surface area contributed by atoms with Crippen molar-refractivity contribution < 1.29 is 14.3 Å². The van der Waals surface area contributed by atoms with E-state index in [4.69, 9.17) is 9.47 Å². The summed E-state index contributed by atoms with van der Waals surface area (Å²) in [4.78, 5) is 18.5. The monoisotopic (exact) mass is 356 g/mol. The van der Waals surface area contributed by atoms with Crippen molar-refractivity contribution in [2.45, 2.75) is 6.04 Å². The maximum atomic E-state index is 12.2. The smallest absolute Gasteiger partial charge is 0.319 e. The molecular weight excluding hydrogens is 332 g/mol. The molecule has 0 bridgehead atoms. The summed E-state index contributed by atoms with van der Waals surface area (Å²) >= 11 is 0. The van der Waals surface area contributed by atoms with Crippen LogP contribution in [0.5, 0.6) is 5.75 Å². The first-order valence-electron chi connectivity index (χ1n) is 8.67. The highest BCUT2D eigenvalue weighted by molar-refractivity contribution is 5.88. The van der Waals surface area contributed by atoms with Gasteiger partial charge in [0.1, 0.15) is 5.75 Å². The number of methoxy groups -OCH3 is 1. The summed E-state index contributed by atoms with van der Waals surface area (Å²) in [5.41, 5.74) is 1.80. The number of carbonyl (C=O) groups is 1. The largest absolute Gasteiger partial charge is 0.497 e. The molecule has 1 fully saturated rings. The van der Waals surface area contributed by atoms with Crippen LogP contribution in [0.25, 0.3) is 0 Å². The summed E-state index contributed by atoms with van der Waals surface area (Å²) < 4.78 is 10.7. The van der Waals surface area contributed by atoms with Crippen LogP contribution in [0.1, 0.15) is 11.6 Å². The first-order valence-corrected chi connectivity index (χ1v) is 8.67. The van der Waals surface area contributed by atoms with Crippen molar-refractivity contribution >= 4 is 11.7 Å². The van der Waals surface area contributed by atoms with Crippen LogP contribution in [-0.4, -0.2) is 55.9 Å². The molecule has 1 aliphatic heterocycles. The minimum Gasteiger partial charge on any atom is -0.497 e. The highest BCUT2D eigenvalue weighted by atomic mass is 16.5. The van der Waals surface area contributed by atoms with E-state index >= 15 is 0 Å². The van der Waals surface area contributed by atoms with Crippen LogP contribution in [0.3, 0.4) is 0 Å². The molecule has 0 radical (unpaired) electrons. The topological polar surface area (TPSA) is 75.7 Å². The van der Waals surface area contributed by atoms with Crippen molar-refractivity contribution in [3.05, 3.63) is 54.4 Å². The highest BCUT2D eigenvalue weighted by Gasteiger charge is 2.23. The zero-order valence-electron chi connectivity index (χ0n) is 14.9. The Morgan fingerprint density at radius 3 is 2.69 bits per heavy atom. The number of rotatable bonds is 6. The molecule has 0 unspecified atom stereocenters. The lowest BCUT2D eigenvalue weighted by Gasteiger charge is -2.35. The fourth-order valence-electron chi connectivity index (χ4n) is 2.97. The number of ether oxygens (including phenoxy) is 2. The van der Waals surface area contributed by atoms with Crippen molar-refractivity contribution in [3.8, 4) is 5.75 Å². The van der Waals surface area contributed by atoms with E-state index < -0.39 is 0 Å². The molecule has 1 saturated heterocycles. The van der Waals surface area contributed by atoms with Crippen molar-refractivity contribution in [3.63, 3.8) is 0 Å². The second-order valence-electron chi connectivity index (χ2n) is 6.01. The van der Waals surface area contributed by atoms with Gasteiger partial charge in [0.25, 0.3) is 0 Å². The SMILES string of the molecule is COc1ccc([C@H](CNC(=O)Nc2cccnc2)N2CCOCC2)cc1. The fraction of sp³-hybridized carbons (Fsp3) is 0.368. The molecule has 2 heterocycles. The average molecular weight is 356 g/mol. The Labute approximate surface area is 153 Å². The number of hydrogen-bond acceptors (Lipinski definition) is 5. The number of carbonyl (C=O) groups excluding carboxylic acids is 1. The molecule has 1 aliphatic rings. The number of pyridine rings is 1. The van der Waals surface area contributed by atoms with Gasteiger partial charge in [0.05, 0.1) is 38.2 Å². The van der Waals surface area contributed by atoms with Crippen LogP contribution >= 0.6 is 0 Å². The molecule has 2 aromatic rings. The maximum absolute atomic E-state index is 12.2. The zero-order chi connectivity index (χ0) is 18.2. The molecule has 2 amide bonds. The standard InChI is InChI=1S/C19H24N4O3/c1-25-17-6-4-15(5-7-17)18(23-9-11-26-12-10-23)14-21-19(24)22-16-3-2-8-20-13-16/h2-8,13,18H,9-12,14H2,1H3,(H2,21,22,24)/t18-/m0/s1. The number of hydrogen-bond donors (Lipinski definition) is 2. The summed E-state index contributed by atoms with van der Waals surface area (Å²) in [6.45, 7) is 3.58. The third kappa shape index (κ3) is 4.93. The third-order valence-electron chi connectivity index (χ3n) is 4.36. The van der Waals surface area contributed by atoms with Crippen LogP contribution in [-0.2, 0) is 4.74 Å². The lowest BCUT2D eigenvalue weighted by Crippen LogP contribution is -2.44. The van der Waals surface area contributed by atoms with Crippen LogP contribution in [0.4, 0.5) is 10.5 Å². The second kappa shape index (κ2) is 9.17. The molecule has 0 spiro atoms.